The summed E-state index contributed by atoms with van der Waals surface area (Å²) in [6, 6.07) is 2.20. The molecule has 0 aliphatic carbocycles. The molecule has 0 amide bonds. The molecule has 7 nitrogen and oxygen atoms in total. The fourth-order valence-corrected chi connectivity index (χ4v) is 3.01. The third-order valence-electron chi connectivity index (χ3n) is 4.07. The summed E-state index contributed by atoms with van der Waals surface area (Å²) in [6.07, 6.45) is 10.8. The van der Waals surface area contributed by atoms with Crippen molar-refractivity contribution in [1.29, 1.82) is 0 Å². The van der Waals surface area contributed by atoms with Gasteiger partial charge in [0.25, 0.3) is 0 Å². The lowest BCUT2D eigenvalue weighted by atomic mass is 10.1. The average molecular weight is 307 g/mol. The van der Waals surface area contributed by atoms with E-state index >= 15 is 0 Å². The Morgan fingerprint density at radius 3 is 3.00 bits per heavy atom. The summed E-state index contributed by atoms with van der Waals surface area (Å²) >= 11 is 0. The van der Waals surface area contributed by atoms with Gasteiger partial charge in [-0.1, -0.05) is 0 Å². The van der Waals surface area contributed by atoms with Crippen molar-refractivity contribution in [3.63, 3.8) is 0 Å². The summed E-state index contributed by atoms with van der Waals surface area (Å²) in [5.41, 5.74) is 2.68. The average Bonchev–Trinajstić information content (AvgIpc) is 3.27. The van der Waals surface area contributed by atoms with E-state index in [0.717, 1.165) is 48.1 Å². The van der Waals surface area contributed by atoms with Gasteiger partial charge in [0, 0.05) is 30.7 Å². The van der Waals surface area contributed by atoms with Crippen molar-refractivity contribution in [2.75, 3.05) is 11.4 Å². The van der Waals surface area contributed by atoms with E-state index in [0.29, 0.717) is 0 Å². The first-order valence-corrected chi connectivity index (χ1v) is 7.68. The quantitative estimate of drug-likeness (QED) is 0.799. The van der Waals surface area contributed by atoms with Crippen LogP contribution in [0.15, 0.2) is 37.2 Å². The van der Waals surface area contributed by atoms with Crippen LogP contribution in [-0.2, 0) is 0 Å². The Hall–Kier alpha value is -2.83. The molecule has 116 valence electrons. The van der Waals surface area contributed by atoms with Gasteiger partial charge in [0.05, 0.1) is 24.1 Å². The zero-order valence-corrected chi connectivity index (χ0v) is 12.8. The summed E-state index contributed by atoms with van der Waals surface area (Å²) in [6.45, 7) is 2.95. The maximum Gasteiger partial charge on any atom is 0.157 e. The summed E-state index contributed by atoms with van der Waals surface area (Å²) in [7, 11) is 0. The standard InChI is InChI=1S/C16H17N7/c1-11-7-15(21-10-20-11)23-6-2-3-14(23)12-8-17-9-13(22-12)16-18-4-5-19-16/h4-5,7-10,14H,2-3,6H2,1H3,(H,18,19)/t14-/m0/s1. The lowest BCUT2D eigenvalue weighted by Crippen LogP contribution is -2.24. The van der Waals surface area contributed by atoms with E-state index in [9.17, 15) is 0 Å². The maximum absolute atomic E-state index is 4.75. The first-order valence-electron chi connectivity index (χ1n) is 7.68. The summed E-state index contributed by atoms with van der Waals surface area (Å²) < 4.78 is 0. The second-order valence-corrected chi connectivity index (χ2v) is 5.64. The number of nitrogens with zero attached hydrogens (tertiary/aromatic N) is 6. The highest BCUT2D eigenvalue weighted by molar-refractivity contribution is 5.48. The number of H-pyrrole nitrogens is 1. The molecule has 4 rings (SSSR count). The summed E-state index contributed by atoms with van der Waals surface area (Å²) in [5, 5.41) is 0. The number of aromatic amines is 1. The predicted octanol–water partition coefficient (Wildman–Crippen LogP) is 2.31. The molecule has 23 heavy (non-hydrogen) atoms. The van der Waals surface area contributed by atoms with Gasteiger partial charge in [0.1, 0.15) is 17.8 Å². The van der Waals surface area contributed by atoms with E-state index in [1.165, 1.54) is 0 Å². The molecule has 1 aliphatic heterocycles. The Bertz CT molecular complexity index is 800. The van der Waals surface area contributed by atoms with Gasteiger partial charge in [-0.2, -0.15) is 0 Å². The normalized spacial score (nSPS) is 17.6. The number of aryl methyl sites for hydroxylation is 1. The second-order valence-electron chi connectivity index (χ2n) is 5.64. The molecule has 1 fully saturated rings. The highest BCUT2D eigenvalue weighted by Gasteiger charge is 2.29. The maximum atomic E-state index is 4.75. The van der Waals surface area contributed by atoms with Crippen LogP contribution in [0.1, 0.15) is 30.3 Å². The van der Waals surface area contributed by atoms with Gasteiger partial charge in [-0.3, -0.25) is 4.98 Å². The van der Waals surface area contributed by atoms with Crippen LogP contribution in [0.2, 0.25) is 0 Å². The Balaban J connectivity index is 1.68. The first-order chi connectivity index (χ1) is 11.3. The van der Waals surface area contributed by atoms with Gasteiger partial charge in [0.2, 0.25) is 0 Å². The minimum Gasteiger partial charge on any atom is -0.348 e. The van der Waals surface area contributed by atoms with Crippen LogP contribution in [-0.4, -0.2) is 36.4 Å². The zero-order valence-electron chi connectivity index (χ0n) is 12.8. The summed E-state index contributed by atoms with van der Waals surface area (Å²) in [4.78, 5) is 27.3. The Labute approximate surface area is 133 Å². The van der Waals surface area contributed by atoms with Crippen LogP contribution < -0.4 is 4.90 Å². The van der Waals surface area contributed by atoms with E-state index in [2.05, 4.69) is 29.8 Å². The van der Waals surface area contributed by atoms with Crippen molar-refractivity contribution < 1.29 is 0 Å². The van der Waals surface area contributed by atoms with Crippen molar-refractivity contribution in [2.45, 2.75) is 25.8 Å². The third-order valence-corrected chi connectivity index (χ3v) is 4.07. The van der Waals surface area contributed by atoms with Gasteiger partial charge < -0.3 is 9.88 Å². The molecule has 0 radical (unpaired) electrons. The van der Waals surface area contributed by atoms with Gasteiger partial charge >= 0.3 is 0 Å². The molecule has 0 bridgehead atoms. The number of imidazole rings is 1. The summed E-state index contributed by atoms with van der Waals surface area (Å²) in [5.74, 6) is 1.69. The van der Waals surface area contributed by atoms with Gasteiger partial charge in [0.15, 0.2) is 5.82 Å². The molecule has 1 aliphatic rings. The van der Waals surface area contributed by atoms with E-state index in [1.807, 2.05) is 19.2 Å². The molecule has 0 aromatic carbocycles. The number of anilines is 1. The van der Waals surface area contributed by atoms with Gasteiger partial charge in [-0.25, -0.2) is 19.9 Å². The number of hydrogen-bond donors (Lipinski definition) is 1. The minimum absolute atomic E-state index is 0.187. The van der Waals surface area contributed by atoms with Crippen molar-refractivity contribution in [2.24, 2.45) is 0 Å². The number of nitrogens with one attached hydrogen (secondary N) is 1. The smallest absolute Gasteiger partial charge is 0.157 e. The molecular formula is C16H17N7. The predicted molar refractivity (Wildman–Crippen MR) is 85.7 cm³/mol. The Morgan fingerprint density at radius 1 is 1.22 bits per heavy atom. The molecule has 1 N–H and O–H groups in total. The topological polar surface area (TPSA) is 83.5 Å². The van der Waals surface area contributed by atoms with Crippen molar-refractivity contribution >= 4 is 5.82 Å². The van der Waals surface area contributed by atoms with Crippen LogP contribution in [0.3, 0.4) is 0 Å². The second kappa shape index (κ2) is 5.75. The minimum atomic E-state index is 0.187. The van der Waals surface area contributed by atoms with Crippen molar-refractivity contribution in [1.82, 2.24) is 29.9 Å². The lowest BCUT2D eigenvalue weighted by molar-refractivity contribution is 0.682. The van der Waals surface area contributed by atoms with Crippen molar-refractivity contribution in [3.05, 3.63) is 48.6 Å². The zero-order chi connectivity index (χ0) is 15.6. The van der Waals surface area contributed by atoms with E-state index in [4.69, 9.17) is 4.98 Å². The van der Waals surface area contributed by atoms with Gasteiger partial charge in [-0.15, -0.1) is 0 Å². The molecule has 1 saturated heterocycles. The molecular weight excluding hydrogens is 290 g/mol. The van der Waals surface area contributed by atoms with Crippen LogP contribution >= 0.6 is 0 Å². The molecule has 1 atom stereocenters. The largest absolute Gasteiger partial charge is 0.348 e. The van der Waals surface area contributed by atoms with Crippen LogP contribution in [0.4, 0.5) is 5.82 Å². The number of aromatic nitrogens is 6. The fourth-order valence-electron chi connectivity index (χ4n) is 3.01. The SMILES string of the molecule is Cc1cc(N2CCC[C@H]2c2cncc(-c3ncc[nH]3)n2)ncn1. The van der Waals surface area contributed by atoms with Crippen LogP contribution in [0.25, 0.3) is 11.5 Å². The Morgan fingerprint density at radius 2 is 2.17 bits per heavy atom. The molecule has 0 spiro atoms. The molecule has 3 aromatic rings. The molecule has 0 unspecified atom stereocenters. The molecule has 4 heterocycles. The number of hydrogen-bond acceptors (Lipinski definition) is 6. The van der Waals surface area contributed by atoms with Crippen LogP contribution in [0.5, 0.6) is 0 Å². The third kappa shape index (κ3) is 2.65. The monoisotopic (exact) mass is 307 g/mol. The molecule has 3 aromatic heterocycles. The van der Waals surface area contributed by atoms with E-state index in [1.54, 1.807) is 24.9 Å². The first kappa shape index (κ1) is 13.8. The molecule has 7 heteroatoms. The van der Waals surface area contributed by atoms with E-state index in [-0.39, 0.29) is 6.04 Å². The fraction of sp³-hybridized carbons (Fsp3) is 0.312. The molecule has 0 saturated carbocycles. The Kier molecular flexibility index (Phi) is 3.45. The van der Waals surface area contributed by atoms with E-state index < -0.39 is 0 Å². The highest BCUT2D eigenvalue weighted by atomic mass is 15.2. The highest BCUT2D eigenvalue weighted by Crippen LogP contribution is 2.34. The van der Waals surface area contributed by atoms with Crippen LogP contribution in [0, 0.1) is 6.92 Å². The lowest BCUT2D eigenvalue weighted by Gasteiger charge is -2.25. The van der Waals surface area contributed by atoms with Crippen molar-refractivity contribution in [3.8, 4) is 11.5 Å². The number of rotatable bonds is 3. The van der Waals surface area contributed by atoms with Gasteiger partial charge in [-0.05, 0) is 19.8 Å².